The van der Waals surface area contributed by atoms with E-state index in [1.54, 1.807) is 0 Å². The van der Waals surface area contributed by atoms with Crippen LogP contribution in [0.5, 0.6) is 0 Å². The molecule has 0 atom stereocenters. The monoisotopic (exact) mass is 821 g/mol. The fraction of sp³-hybridized carbons (Fsp3) is 1.00. The summed E-state index contributed by atoms with van der Waals surface area (Å²) in [6, 6.07) is 0. The van der Waals surface area contributed by atoms with Crippen molar-refractivity contribution in [1.82, 2.24) is 4.90 Å². The third-order valence-corrected chi connectivity index (χ3v) is 1.34. The Morgan fingerprint density at radius 2 is 0.818 bits per heavy atom. The summed E-state index contributed by atoms with van der Waals surface area (Å²) in [5.41, 5.74) is 0. The molecule has 0 radical (unpaired) electrons. The van der Waals surface area contributed by atoms with Crippen LogP contribution in [0.3, 0.4) is 0 Å². The van der Waals surface area contributed by atoms with Crippen LogP contribution in [-0.2, 0) is 103 Å². The molecule has 0 rings (SSSR count). The number of hydrogen-bond donors (Lipinski definition) is 0. The molecule has 0 aromatic heterocycles. The Balaban J connectivity index is -0.0000000300. The van der Waals surface area contributed by atoms with Gasteiger partial charge in [-0.1, -0.05) is 20.8 Å². The van der Waals surface area contributed by atoms with Gasteiger partial charge in [-0.15, -0.1) is 0 Å². The first-order chi connectivity index (χ1) is 3.35. The van der Waals surface area contributed by atoms with Crippen LogP contribution in [0.25, 0.3) is 0 Å². The van der Waals surface area contributed by atoms with Crippen molar-refractivity contribution in [3.63, 3.8) is 0 Å². The van der Waals surface area contributed by atoms with Crippen LogP contribution in [0.4, 0.5) is 0 Å². The SMILES string of the molecule is CCN(CC)CC.[Hf].[Hf].[Hf].[Hf]. The Morgan fingerprint density at radius 3 is 0.818 bits per heavy atom. The molecule has 0 fully saturated rings. The predicted molar refractivity (Wildman–Crippen MR) is 33.5 cm³/mol. The van der Waals surface area contributed by atoms with E-state index in [1.807, 2.05) is 0 Å². The Morgan fingerprint density at radius 1 is 0.636 bits per heavy atom. The van der Waals surface area contributed by atoms with Crippen LogP contribution >= 0.6 is 0 Å². The minimum atomic E-state index is 0. The summed E-state index contributed by atoms with van der Waals surface area (Å²) >= 11 is 0. The van der Waals surface area contributed by atoms with Gasteiger partial charge in [0.1, 0.15) is 0 Å². The van der Waals surface area contributed by atoms with E-state index >= 15 is 0 Å². The quantitative estimate of drug-likeness (QED) is 0.390. The van der Waals surface area contributed by atoms with E-state index in [0.29, 0.717) is 0 Å². The van der Waals surface area contributed by atoms with Crippen LogP contribution in [0.1, 0.15) is 20.8 Å². The molecule has 0 saturated carbocycles. The Labute approximate surface area is 146 Å². The number of rotatable bonds is 3. The predicted octanol–water partition coefficient (Wildman–Crippen LogP) is 1.34. The van der Waals surface area contributed by atoms with Crippen molar-refractivity contribution in [1.29, 1.82) is 0 Å². The molecule has 0 unspecified atom stereocenters. The normalized spacial score (nSPS) is 6.55. The molecule has 11 heavy (non-hydrogen) atoms. The molecule has 0 aliphatic rings. The Hall–Kier alpha value is 3.44. The van der Waals surface area contributed by atoms with Gasteiger partial charge in [-0.3, -0.25) is 0 Å². The first-order valence-corrected chi connectivity index (χ1v) is 3.07. The minimum Gasteiger partial charge on any atom is -0.304 e. The minimum absolute atomic E-state index is 0. The number of nitrogens with zero attached hydrogens (tertiary/aromatic N) is 1. The largest absolute Gasteiger partial charge is 0.304 e. The van der Waals surface area contributed by atoms with E-state index in [1.165, 1.54) is 19.6 Å². The molecule has 0 aliphatic carbocycles. The summed E-state index contributed by atoms with van der Waals surface area (Å²) in [7, 11) is 0. The molecular formula is C6H15Hf4N. The van der Waals surface area contributed by atoms with Gasteiger partial charge in [0.25, 0.3) is 0 Å². The van der Waals surface area contributed by atoms with E-state index in [9.17, 15) is 0 Å². The summed E-state index contributed by atoms with van der Waals surface area (Å²) in [5, 5.41) is 0. The smallest absolute Gasteiger partial charge is 0 e. The fourth-order valence-corrected chi connectivity index (χ4v) is 0.671. The van der Waals surface area contributed by atoms with Crippen molar-refractivity contribution in [3.8, 4) is 0 Å². The van der Waals surface area contributed by atoms with Crippen LogP contribution < -0.4 is 0 Å². The van der Waals surface area contributed by atoms with Crippen molar-refractivity contribution in [2.24, 2.45) is 0 Å². The topological polar surface area (TPSA) is 3.24 Å². The van der Waals surface area contributed by atoms with Crippen LogP contribution in [0, 0.1) is 0 Å². The Bertz CT molecular complexity index is 36.1. The molecule has 1 nitrogen and oxygen atoms in total. The van der Waals surface area contributed by atoms with E-state index in [2.05, 4.69) is 25.7 Å². The van der Waals surface area contributed by atoms with Crippen LogP contribution in [-0.4, -0.2) is 24.5 Å². The summed E-state index contributed by atoms with van der Waals surface area (Å²) < 4.78 is 0. The molecule has 0 heterocycles. The summed E-state index contributed by atoms with van der Waals surface area (Å²) in [5.74, 6) is 0. The molecule has 0 aliphatic heterocycles. The standard InChI is InChI=1S/C6H15N.4Hf/c1-4-7(5-2)6-3;;;;/h4-6H2,1-3H3;;;;. The Kier molecular flexibility index (Phi) is 62.1. The summed E-state index contributed by atoms with van der Waals surface area (Å²) in [6.07, 6.45) is 0. The van der Waals surface area contributed by atoms with Crippen molar-refractivity contribution in [3.05, 3.63) is 0 Å². The second-order valence-electron chi connectivity index (χ2n) is 1.62. The molecule has 0 N–H and O–H groups in total. The second-order valence-corrected chi connectivity index (χ2v) is 1.62. The van der Waals surface area contributed by atoms with E-state index < -0.39 is 0 Å². The van der Waals surface area contributed by atoms with Gasteiger partial charge in [0, 0.05) is 103 Å². The molecule has 5 heteroatoms. The van der Waals surface area contributed by atoms with E-state index in [4.69, 9.17) is 0 Å². The zero-order chi connectivity index (χ0) is 5.70. The first-order valence-electron chi connectivity index (χ1n) is 3.07. The third-order valence-electron chi connectivity index (χ3n) is 1.34. The maximum absolute atomic E-state index is 2.38. The zero-order valence-corrected chi connectivity index (χ0v) is 21.9. The number of hydrogen-bond acceptors (Lipinski definition) is 1. The zero-order valence-electron chi connectivity index (χ0n) is 7.57. The van der Waals surface area contributed by atoms with Gasteiger partial charge < -0.3 is 4.90 Å². The van der Waals surface area contributed by atoms with Crippen molar-refractivity contribution in [2.45, 2.75) is 20.8 Å². The van der Waals surface area contributed by atoms with Gasteiger partial charge in [-0.05, 0) is 19.6 Å². The van der Waals surface area contributed by atoms with Gasteiger partial charge in [-0.2, -0.15) is 0 Å². The first kappa shape index (κ1) is 29.3. The van der Waals surface area contributed by atoms with E-state index in [-0.39, 0.29) is 103 Å². The second kappa shape index (κ2) is 23.3. The average Bonchev–Trinajstić information content (AvgIpc) is 1.72. The van der Waals surface area contributed by atoms with Gasteiger partial charge in [-0.25, -0.2) is 0 Å². The van der Waals surface area contributed by atoms with Gasteiger partial charge in [0.2, 0.25) is 0 Å². The van der Waals surface area contributed by atoms with Crippen LogP contribution in [0.2, 0.25) is 0 Å². The molecular weight excluding hydrogens is 800 g/mol. The molecule has 0 saturated heterocycles. The molecule has 0 aromatic rings. The maximum Gasteiger partial charge on any atom is 0 e. The average molecular weight is 815 g/mol. The summed E-state index contributed by atoms with van der Waals surface area (Å²) in [4.78, 5) is 2.38. The van der Waals surface area contributed by atoms with Crippen molar-refractivity contribution >= 4 is 0 Å². The molecule has 0 amide bonds. The van der Waals surface area contributed by atoms with Crippen LogP contribution in [0.15, 0.2) is 0 Å². The molecule has 0 bridgehead atoms. The molecule has 0 aromatic carbocycles. The molecule has 60 valence electrons. The van der Waals surface area contributed by atoms with E-state index in [0.717, 1.165) is 0 Å². The summed E-state index contributed by atoms with van der Waals surface area (Å²) in [6.45, 7) is 10.1. The van der Waals surface area contributed by atoms with Gasteiger partial charge in [0.05, 0.1) is 0 Å². The third kappa shape index (κ3) is 19.7. The maximum atomic E-state index is 2.38. The van der Waals surface area contributed by atoms with Crippen molar-refractivity contribution < 1.29 is 103 Å². The fourth-order valence-electron chi connectivity index (χ4n) is 0.671. The van der Waals surface area contributed by atoms with Gasteiger partial charge >= 0.3 is 0 Å². The molecule has 0 spiro atoms. The van der Waals surface area contributed by atoms with Crippen molar-refractivity contribution in [2.75, 3.05) is 19.6 Å². The van der Waals surface area contributed by atoms with Gasteiger partial charge in [0.15, 0.2) is 0 Å².